The number of hydrogen-bond acceptors (Lipinski definition) is 7. The summed E-state index contributed by atoms with van der Waals surface area (Å²) in [6.45, 7) is 0. The standard InChI is InChI=1S/C11H8N6O2S/c12-6-7-5-9(17(18)19)3-4-10(7)20-11-13-14-15-16(11)8-1-2-8/h3-5,8H,1-2H2. The highest BCUT2D eigenvalue weighted by Crippen LogP contribution is 2.38. The Bertz CT molecular complexity index is 718. The Morgan fingerprint density at radius 1 is 1.50 bits per heavy atom. The summed E-state index contributed by atoms with van der Waals surface area (Å²) in [6, 6.07) is 6.47. The molecular formula is C11H8N6O2S. The largest absolute Gasteiger partial charge is 0.270 e. The summed E-state index contributed by atoms with van der Waals surface area (Å²) in [6.07, 6.45) is 2.09. The molecule has 1 aromatic heterocycles. The predicted octanol–water partition coefficient (Wildman–Crippen LogP) is 1.94. The van der Waals surface area contributed by atoms with Crippen LogP contribution in [0.5, 0.6) is 0 Å². The first kappa shape index (κ1) is 12.6. The summed E-state index contributed by atoms with van der Waals surface area (Å²) in [4.78, 5) is 10.8. The lowest BCUT2D eigenvalue weighted by atomic mass is 10.2. The van der Waals surface area contributed by atoms with E-state index in [2.05, 4.69) is 15.5 Å². The highest BCUT2D eigenvalue weighted by molar-refractivity contribution is 7.99. The van der Waals surface area contributed by atoms with Crippen molar-refractivity contribution in [3.63, 3.8) is 0 Å². The normalized spacial score (nSPS) is 13.9. The topological polar surface area (TPSA) is 111 Å². The van der Waals surface area contributed by atoms with Gasteiger partial charge in [0.05, 0.1) is 16.5 Å². The molecule has 0 N–H and O–H groups in total. The van der Waals surface area contributed by atoms with Crippen LogP contribution in [0.3, 0.4) is 0 Å². The Hall–Kier alpha value is -2.47. The van der Waals surface area contributed by atoms with Gasteiger partial charge in [-0.05, 0) is 41.1 Å². The number of nitro benzene ring substituents is 1. The molecule has 1 heterocycles. The molecule has 1 aromatic carbocycles. The van der Waals surface area contributed by atoms with Gasteiger partial charge in [-0.25, -0.2) is 4.68 Å². The first-order chi connectivity index (χ1) is 9.69. The lowest BCUT2D eigenvalue weighted by molar-refractivity contribution is -0.384. The third-order valence-electron chi connectivity index (χ3n) is 2.85. The Labute approximate surface area is 117 Å². The number of aromatic nitrogens is 4. The van der Waals surface area contributed by atoms with Gasteiger partial charge in [0.1, 0.15) is 6.07 Å². The molecule has 0 unspecified atom stereocenters. The molecule has 0 amide bonds. The van der Waals surface area contributed by atoms with Crippen LogP contribution in [0.2, 0.25) is 0 Å². The van der Waals surface area contributed by atoms with Gasteiger partial charge in [-0.1, -0.05) is 0 Å². The molecule has 100 valence electrons. The van der Waals surface area contributed by atoms with E-state index in [9.17, 15) is 10.1 Å². The van der Waals surface area contributed by atoms with E-state index in [0.717, 1.165) is 12.8 Å². The summed E-state index contributed by atoms with van der Waals surface area (Å²) in [5.41, 5.74) is 0.141. The SMILES string of the molecule is N#Cc1cc([N+](=O)[O-])ccc1Sc1nnnn1C1CC1. The zero-order valence-electron chi connectivity index (χ0n) is 10.1. The molecule has 0 saturated heterocycles. The number of tetrazole rings is 1. The van der Waals surface area contributed by atoms with E-state index in [0.29, 0.717) is 16.1 Å². The average Bonchev–Trinajstić information content (AvgIpc) is 3.19. The van der Waals surface area contributed by atoms with E-state index in [1.807, 2.05) is 6.07 Å². The molecule has 0 spiro atoms. The number of nitriles is 1. The third-order valence-corrected chi connectivity index (χ3v) is 3.88. The van der Waals surface area contributed by atoms with Crippen molar-refractivity contribution in [2.24, 2.45) is 0 Å². The molecule has 2 aromatic rings. The minimum absolute atomic E-state index is 0.104. The van der Waals surface area contributed by atoms with Gasteiger partial charge < -0.3 is 0 Å². The third kappa shape index (κ3) is 2.33. The summed E-state index contributed by atoms with van der Waals surface area (Å²) < 4.78 is 1.73. The van der Waals surface area contributed by atoms with E-state index >= 15 is 0 Å². The zero-order chi connectivity index (χ0) is 14.1. The van der Waals surface area contributed by atoms with Gasteiger partial charge in [-0.3, -0.25) is 10.1 Å². The number of hydrogen-bond donors (Lipinski definition) is 0. The van der Waals surface area contributed by atoms with E-state index in [1.165, 1.54) is 23.9 Å². The molecule has 0 aliphatic heterocycles. The summed E-state index contributed by atoms with van der Waals surface area (Å²) in [5.74, 6) is 0. The first-order valence-electron chi connectivity index (χ1n) is 5.83. The fraction of sp³-hybridized carbons (Fsp3) is 0.273. The molecule has 0 atom stereocenters. The number of nitrogens with zero attached hydrogens (tertiary/aromatic N) is 6. The average molecular weight is 288 g/mol. The smallest absolute Gasteiger partial charge is 0.258 e. The molecule has 8 nitrogen and oxygen atoms in total. The lowest BCUT2D eigenvalue weighted by Crippen LogP contribution is -1.99. The van der Waals surface area contributed by atoms with Gasteiger partial charge in [-0.2, -0.15) is 5.26 Å². The van der Waals surface area contributed by atoms with Crippen molar-refractivity contribution in [1.29, 1.82) is 5.26 Å². The van der Waals surface area contributed by atoms with Gasteiger partial charge in [0.15, 0.2) is 0 Å². The van der Waals surface area contributed by atoms with E-state index in [4.69, 9.17) is 5.26 Å². The van der Waals surface area contributed by atoms with Crippen molar-refractivity contribution in [1.82, 2.24) is 20.2 Å². The van der Waals surface area contributed by atoms with Crippen LogP contribution in [0.1, 0.15) is 24.4 Å². The van der Waals surface area contributed by atoms with Gasteiger partial charge in [0.25, 0.3) is 5.69 Å². The zero-order valence-corrected chi connectivity index (χ0v) is 10.9. The monoisotopic (exact) mass is 288 g/mol. The summed E-state index contributed by atoms with van der Waals surface area (Å²) in [5, 5.41) is 31.9. The quantitative estimate of drug-likeness (QED) is 0.624. The number of benzene rings is 1. The molecular weight excluding hydrogens is 280 g/mol. The molecule has 1 aliphatic carbocycles. The minimum atomic E-state index is -0.524. The predicted molar refractivity (Wildman–Crippen MR) is 68.0 cm³/mol. The Morgan fingerprint density at radius 3 is 2.95 bits per heavy atom. The fourth-order valence-corrected chi connectivity index (χ4v) is 2.61. The van der Waals surface area contributed by atoms with E-state index < -0.39 is 4.92 Å². The van der Waals surface area contributed by atoms with Crippen molar-refractivity contribution >= 4 is 17.4 Å². The maximum Gasteiger partial charge on any atom is 0.270 e. The molecule has 1 aliphatic rings. The second kappa shape index (κ2) is 4.90. The Balaban J connectivity index is 1.92. The van der Waals surface area contributed by atoms with Crippen LogP contribution in [-0.2, 0) is 0 Å². The van der Waals surface area contributed by atoms with Crippen molar-refractivity contribution in [2.45, 2.75) is 28.9 Å². The second-order valence-corrected chi connectivity index (χ2v) is 5.30. The molecule has 1 saturated carbocycles. The van der Waals surface area contributed by atoms with Crippen LogP contribution >= 0.6 is 11.8 Å². The van der Waals surface area contributed by atoms with Crippen molar-refractivity contribution in [2.75, 3.05) is 0 Å². The highest BCUT2D eigenvalue weighted by Gasteiger charge is 2.28. The van der Waals surface area contributed by atoms with Crippen LogP contribution in [0.15, 0.2) is 28.3 Å². The Morgan fingerprint density at radius 2 is 2.30 bits per heavy atom. The highest BCUT2D eigenvalue weighted by atomic mass is 32.2. The van der Waals surface area contributed by atoms with Crippen molar-refractivity contribution in [3.8, 4) is 6.07 Å². The van der Waals surface area contributed by atoms with E-state index in [1.54, 1.807) is 10.7 Å². The lowest BCUT2D eigenvalue weighted by Gasteiger charge is -2.03. The number of non-ortho nitro benzene ring substituents is 1. The van der Waals surface area contributed by atoms with Crippen LogP contribution in [-0.4, -0.2) is 25.1 Å². The molecule has 0 radical (unpaired) electrons. The van der Waals surface area contributed by atoms with Crippen LogP contribution in [0.25, 0.3) is 0 Å². The molecule has 20 heavy (non-hydrogen) atoms. The maximum absolute atomic E-state index is 10.7. The molecule has 1 fully saturated rings. The molecule has 0 bridgehead atoms. The van der Waals surface area contributed by atoms with Gasteiger partial charge in [0, 0.05) is 17.0 Å². The van der Waals surface area contributed by atoms with Crippen molar-refractivity contribution < 1.29 is 4.92 Å². The van der Waals surface area contributed by atoms with Crippen LogP contribution in [0.4, 0.5) is 5.69 Å². The van der Waals surface area contributed by atoms with E-state index in [-0.39, 0.29) is 11.3 Å². The summed E-state index contributed by atoms with van der Waals surface area (Å²) in [7, 11) is 0. The van der Waals surface area contributed by atoms with Crippen LogP contribution in [0, 0.1) is 21.4 Å². The number of rotatable bonds is 4. The first-order valence-corrected chi connectivity index (χ1v) is 6.65. The fourth-order valence-electron chi connectivity index (χ4n) is 1.71. The van der Waals surface area contributed by atoms with Gasteiger partial charge in [0.2, 0.25) is 5.16 Å². The van der Waals surface area contributed by atoms with Gasteiger partial charge in [-0.15, -0.1) is 5.10 Å². The molecule has 9 heteroatoms. The second-order valence-electron chi connectivity index (χ2n) is 4.29. The minimum Gasteiger partial charge on any atom is -0.258 e. The van der Waals surface area contributed by atoms with Crippen molar-refractivity contribution in [3.05, 3.63) is 33.9 Å². The van der Waals surface area contributed by atoms with Gasteiger partial charge >= 0.3 is 0 Å². The summed E-state index contributed by atoms with van der Waals surface area (Å²) >= 11 is 1.24. The maximum atomic E-state index is 10.7. The molecule has 3 rings (SSSR count). The number of nitro groups is 1. The van der Waals surface area contributed by atoms with Crippen LogP contribution < -0.4 is 0 Å². The Kier molecular flexibility index (Phi) is 3.08.